The summed E-state index contributed by atoms with van der Waals surface area (Å²) in [7, 11) is 0. The van der Waals surface area contributed by atoms with Crippen molar-refractivity contribution in [1.82, 2.24) is 4.90 Å². The Morgan fingerprint density at radius 3 is 2.55 bits per heavy atom. The molecular formula is C25H30N2O3S. The van der Waals surface area contributed by atoms with Gasteiger partial charge in [-0.2, -0.15) is 0 Å². The molecule has 5 nitrogen and oxygen atoms in total. The summed E-state index contributed by atoms with van der Waals surface area (Å²) in [6, 6.07) is 11.9. The first kappa shape index (κ1) is 21.7. The van der Waals surface area contributed by atoms with Gasteiger partial charge in [-0.05, 0) is 82.1 Å². The monoisotopic (exact) mass is 438 g/mol. The number of anilines is 1. The number of thiophene rings is 1. The van der Waals surface area contributed by atoms with Crippen LogP contribution in [0.15, 0.2) is 47.1 Å². The van der Waals surface area contributed by atoms with Crippen LogP contribution in [0.4, 0.5) is 5.00 Å². The lowest BCUT2D eigenvalue weighted by Gasteiger charge is -2.36. The van der Waals surface area contributed by atoms with Crippen LogP contribution in [-0.4, -0.2) is 30.5 Å². The summed E-state index contributed by atoms with van der Waals surface area (Å²) in [5.74, 6) is 0.995. The minimum absolute atomic E-state index is 0.0906. The Kier molecular flexibility index (Phi) is 6.78. The predicted octanol–water partition coefficient (Wildman–Crippen LogP) is 6.18. The van der Waals surface area contributed by atoms with Crippen LogP contribution in [0.1, 0.15) is 64.4 Å². The number of aryl methyl sites for hydroxylation is 1. The Morgan fingerprint density at radius 1 is 1.16 bits per heavy atom. The van der Waals surface area contributed by atoms with Gasteiger partial charge in [0, 0.05) is 10.4 Å². The first-order chi connectivity index (χ1) is 15.1. The number of nitrogens with zero attached hydrogens (tertiary/aromatic N) is 1. The topological polar surface area (TPSA) is 54.7 Å². The van der Waals surface area contributed by atoms with Gasteiger partial charge in [0.25, 0.3) is 5.91 Å². The van der Waals surface area contributed by atoms with E-state index >= 15 is 0 Å². The second-order valence-electron chi connectivity index (χ2n) is 7.96. The number of ether oxygens (including phenoxy) is 1. The molecule has 0 spiro atoms. The molecule has 1 amide bonds. The second kappa shape index (κ2) is 9.71. The minimum atomic E-state index is -0.211. The van der Waals surface area contributed by atoms with E-state index in [9.17, 15) is 4.79 Å². The van der Waals surface area contributed by atoms with Gasteiger partial charge >= 0.3 is 0 Å². The van der Waals surface area contributed by atoms with E-state index in [0.29, 0.717) is 12.4 Å². The van der Waals surface area contributed by atoms with E-state index in [-0.39, 0.29) is 11.9 Å². The lowest BCUT2D eigenvalue weighted by molar-refractivity contribution is 0.0996. The Labute approximate surface area is 188 Å². The number of furan rings is 1. The van der Waals surface area contributed by atoms with E-state index in [2.05, 4.69) is 36.2 Å². The van der Waals surface area contributed by atoms with E-state index in [1.807, 2.05) is 19.1 Å². The Morgan fingerprint density at radius 2 is 1.90 bits per heavy atom. The van der Waals surface area contributed by atoms with Crippen LogP contribution >= 0.6 is 11.3 Å². The van der Waals surface area contributed by atoms with Crippen LogP contribution in [0.25, 0.3) is 0 Å². The molecule has 3 aromatic rings. The SMILES string of the molecule is CCOc1ccc([C@H](c2c(NC(=O)c3ccco3)sc(C)c2C)N2CCCCC2)cc1. The molecule has 0 saturated carbocycles. The molecule has 3 heterocycles. The van der Waals surface area contributed by atoms with Gasteiger partial charge in [-0.1, -0.05) is 18.6 Å². The zero-order chi connectivity index (χ0) is 21.8. The fraction of sp³-hybridized carbons (Fsp3) is 0.400. The summed E-state index contributed by atoms with van der Waals surface area (Å²) in [6.45, 7) is 9.04. The normalized spacial score (nSPS) is 15.6. The highest BCUT2D eigenvalue weighted by Crippen LogP contribution is 2.43. The maximum atomic E-state index is 12.8. The van der Waals surface area contributed by atoms with Crippen molar-refractivity contribution in [2.75, 3.05) is 25.0 Å². The number of carbonyl (C=O) groups is 1. The Hall–Kier alpha value is -2.57. The van der Waals surface area contributed by atoms with Crippen molar-refractivity contribution in [3.63, 3.8) is 0 Å². The molecule has 31 heavy (non-hydrogen) atoms. The number of rotatable bonds is 7. The fourth-order valence-corrected chi connectivity index (χ4v) is 5.38. The van der Waals surface area contributed by atoms with Gasteiger partial charge in [0.05, 0.1) is 18.9 Å². The summed E-state index contributed by atoms with van der Waals surface area (Å²) >= 11 is 1.64. The summed E-state index contributed by atoms with van der Waals surface area (Å²) in [4.78, 5) is 16.5. The molecule has 1 aliphatic heterocycles. The third kappa shape index (κ3) is 4.70. The molecule has 1 atom stereocenters. The average molecular weight is 439 g/mol. The largest absolute Gasteiger partial charge is 0.494 e. The average Bonchev–Trinajstić information content (AvgIpc) is 3.41. The van der Waals surface area contributed by atoms with Crippen LogP contribution in [0.3, 0.4) is 0 Å². The van der Waals surface area contributed by atoms with Gasteiger partial charge in [-0.25, -0.2) is 0 Å². The van der Waals surface area contributed by atoms with Crippen molar-refractivity contribution < 1.29 is 13.9 Å². The molecule has 0 aliphatic carbocycles. The van der Waals surface area contributed by atoms with Crippen molar-refractivity contribution in [1.29, 1.82) is 0 Å². The smallest absolute Gasteiger partial charge is 0.291 e. The number of amides is 1. The van der Waals surface area contributed by atoms with E-state index < -0.39 is 0 Å². The van der Waals surface area contributed by atoms with E-state index in [1.54, 1.807) is 23.5 Å². The number of carbonyl (C=O) groups excluding carboxylic acids is 1. The molecular weight excluding hydrogens is 408 g/mol. The predicted molar refractivity (Wildman–Crippen MR) is 125 cm³/mol. The maximum Gasteiger partial charge on any atom is 0.291 e. The second-order valence-corrected chi connectivity index (χ2v) is 9.18. The molecule has 1 aliphatic rings. The van der Waals surface area contributed by atoms with E-state index in [4.69, 9.17) is 9.15 Å². The van der Waals surface area contributed by atoms with Crippen molar-refractivity contribution in [2.24, 2.45) is 0 Å². The molecule has 2 aromatic heterocycles. The number of likely N-dealkylation sites (tertiary alicyclic amines) is 1. The number of piperidine rings is 1. The van der Waals surface area contributed by atoms with Crippen LogP contribution in [0.5, 0.6) is 5.75 Å². The molecule has 164 valence electrons. The molecule has 1 aromatic carbocycles. The molecule has 1 N–H and O–H groups in total. The number of hydrogen-bond acceptors (Lipinski definition) is 5. The first-order valence-corrected chi connectivity index (χ1v) is 11.8. The van der Waals surface area contributed by atoms with Crippen molar-refractivity contribution in [3.8, 4) is 5.75 Å². The van der Waals surface area contributed by atoms with Crippen LogP contribution in [-0.2, 0) is 0 Å². The molecule has 4 rings (SSSR count). The third-order valence-corrected chi connectivity index (χ3v) is 7.08. The van der Waals surface area contributed by atoms with Gasteiger partial charge in [-0.3, -0.25) is 9.69 Å². The quantitative estimate of drug-likeness (QED) is 0.478. The van der Waals surface area contributed by atoms with Gasteiger partial charge in [-0.15, -0.1) is 11.3 Å². The highest BCUT2D eigenvalue weighted by molar-refractivity contribution is 7.16. The van der Waals surface area contributed by atoms with E-state index in [1.165, 1.54) is 47.1 Å². The highest BCUT2D eigenvalue weighted by Gasteiger charge is 2.30. The van der Waals surface area contributed by atoms with Gasteiger partial charge in [0.1, 0.15) is 10.8 Å². The maximum absolute atomic E-state index is 12.8. The summed E-state index contributed by atoms with van der Waals surface area (Å²) in [5, 5.41) is 4.03. The standard InChI is InChI=1S/C25H30N2O3S/c1-4-29-20-12-10-19(11-13-20)23(27-14-6-5-7-15-27)22-17(2)18(3)31-25(22)26-24(28)21-9-8-16-30-21/h8-13,16,23H,4-7,14-15H2,1-3H3,(H,26,28)/t23-/m1/s1. The fourth-order valence-electron chi connectivity index (χ4n) is 4.29. The summed E-state index contributed by atoms with van der Waals surface area (Å²) in [6.07, 6.45) is 5.20. The van der Waals surface area contributed by atoms with Crippen molar-refractivity contribution in [2.45, 2.75) is 46.1 Å². The molecule has 0 bridgehead atoms. The zero-order valence-corrected chi connectivity index (χ0v) is 19.3. The molecule has 1 saturated heterocycles. The van der Waals surface area contributed by atoms with Crippen LogP contribution in [0.2, 0.25) is 0 Å². The number of nitrogens with one attached hydrogen (secondary N) is 1. The lowest BCUT2D eigenvalue weighted by atomic mass is 9.93. The molecule has 6 heteroatoms. The minimum Gasteiger partial charge on any atom is -0.494 e. The zero-order valence-electron chi connectivity index (χ0n) is 18.4. The molecule has 1 fully saturated rings. The number of hydrogen-bond donors (Lipinski definition) is 1. The number of benzene rings is 1. The van der Waals surface area contributed by atoms with Crippen molar-refractivity contribution in [3.05, 3.63) is 70.0 Å². The first-order valence-electron chi connectivity index (χ1n) is 11.0. The van der Waals surface area contributed by atoms with E-state index in [0.717, 1.165) is 23.8 Å². The van der Waals surface area contributed by atoms with Gasteiger partial charge in [0.2, 0.25) is 0 Å². The van der Waals surface area contributed by atoms with Crippen LogP contribution in [0, 0.1) is 13.8 Å². The Bertz CT molecular complexity index is 1000. The summed E-state index contributed by atoms with van der Waals surface area (Å²) in [5.41, 5.74) is 3.65. The Balaban J connectivity index is 1.74. The molecule has 0 unspecified atom stereocenters. The van der Waals surface area contributed by atoms with Gasteiger partial charge < -0.3 is 14.5 Å². The highest BCUT2D eigenvalue weighted by atomic mass is 32.1. The van der Waals surface area contributed by atoms with Crippen molar-refractivity contribution >= 4 is 22.2 Å². The lowest BCUT2D eigenvalue weighted by Crippen LogP contribution is -2.35. The van der Waals surface area contributed by atoms with Crippen LogP contribution < -0.4 is 10.1 Å². The summed E-state index contributed by atoms with van der Waals surface area (Å²) < 4.78 is 11.0. The molecule has 0 radical (unpaired) electrons. The van der Waals surface area contributed by atoms with Gasteiger partial charge in [0.15, 0.2) is 5.76 Å². The third-order valence-electron chi connectivity index (χ3n) is 5.94.